The van der Waals surface area contributed by atoms with Crippen LogP contribution in [0.2, 0.25) is 0 Å². The fraction of sp³-hybridized carbons (Fsp3) is 0.533. The van der Waals surface area contributed by atoms with Crippen molar-refractivity contribution in [2.24, 2.45) is 5.92 Å². The van der Waals surface area contributed by atoms with Gasteiger partial charge in [0.25, 0.3) is 0 Å². The fourth-order valence-electron chi connectivity index (χ4n) is 2.10. The predicted molar refractivity (Wildman–Crippen MR) is 73.7 cm³/mol. The summed E-state index contributed by atoms with van der Waals surface area (Å²) in [6.07, 6.45) is 1.90. The lowest BCUT2D eigenvalue weighted by molar-refractivity contribution is -0.137. The van der Waals surface area contributed by atoms with Gasteiger partial charge in [-0.15, -0.1) is 0 Å². The molecule has 0 heterocycles. The van der Waals surface area contributed by atoms with Crippen LogP contribution in [0.15, 0.2) is 24.3 Å². The second kappa shape index (κ2) is 7.17. The molecule has 0 radical (unpaired) electrons. The first kappa shape index (κ1) is 14.7. The summed E-state index contributed by atoms with van der Waals surface area (Å²) in [5.74, 6) is -0.0883. The molecule has 0 aromatic heterocycles. The van der Waals surface area contributed by atoms with E-state index >= 15 is 0 Å². The van der Waals surface area contributed by atoms with Crippen molar-refractivity contribution in [1.82, 2.24) is 5.32 Å². The van der Waals surface area contributed by atoms with E-state index in [1.54, 1.807) is 0 Å². The predicted octanol–water partition coefficient (Wildman–Crippen LogP) is 3.01. The van der Waals surface area contributed by atoms with E-state index in [1.807, 2.05) is 7.05 Å². The number of hydrogen-bond donors (Lipinski definition) is 2. The molecule has 0 bridgehead atoms. The largest absolute Gasteiger partial charge is 0.481 e. The number of carboxylic acids is 1. The summed E-state index contributed by atoms with van der Waals surface area (Å²) in [6.45, 7) is 4.41. The summed E-state index contributed by atoms with van der Waals surface area (Å²) in [6, 6.07) is 8.59. The van der Waals surface area contributed by atoms with E-state index in [-0.39, 0.29) is 12.5 Å². The zero-order valence-corrected chi connectivity index (χ0v) is 11.4. The van der Waals surface area contributed by atoms with Crippen molar-refractivity contribution in [3.8, 4) is 0 Å². The fourth-order valence-corrected chi connectivity index (χ4v) is 2.10. The average Bonchev–Trinajstić information content (AvgIpc) is 2.31. The normalized spacial score (nSPS) is 12.7. The lowest BCUT2D eigenvalue weighted by Crippen LogP contribution is -2.17. The summed E-state index contributed by atoms with van der Waals surface area (Å²) in [5, 5.41) is 11.9. The van der Waals surface area contributed by atoms with Crippen LogP contribution in [0.5, 0.6) is 0 Å². The smallest absolute Gasteiger partial charge is 0.303 e. The molecular formula is C15H23NO2. The van der Waals surface area contributed by atoms with E-state index in [0.29, 0.717) is 12.3 Å². The molecule has 100 valence electrons. The lowest BCUT2D eigenvalue weighted by atomic mass is 9.97. The van der Waals surface area contributed by atoms with Crippen molar-refractivity contribution in [2.75, 3.05) is 7.05 Å². The molecule has 3 nitrogen and oxygen atoms in total. The van der Waals surface area contributed by atoms with E-state index in [0.717, 1.165) is 12.0 Å². The Labute approximate surface area is 109 Å². The number of aliphatic carboxylic acids is 1. The quantitative estimate of drug-likeness (QED) is 0.781. The van der Waals surface area contributed by atoms with Crippen LogP contribution < -0.4 is 5.32 Å². The summed E-state index contributed by atoms with van der Waals surface area (Å²) < 4.78 is 0. The molecule has 0 aliphatic heterocycles. The molecule has 1 unspecified atom stereocenters. The second-order valence-electron chi connectivity index (χ2n) is 5.11. The third-order valence-corrected chi connectivity index (χ3v) is 3.02. The third kappa shape index (κ3) is 4.88. The van der Waals surface area contributed by atoms with E-state index in [9.17, 15) is 4.79 Å². The molecule has 3 heteroatoms. The van der Waals surface area contributed by atoms with Crippen LogP contribution >= 0.6 is 0 Å². The van der Waals surface area contributed by atoms with Gasteiger partial charge in [-0.2, -0.15) is 0 Å². The molecule has 0 aliphatic carbocycles. The van der Waals surface area contributed by atoms with Crippen LogP contribution in [0.3, 0.4) is 0 Å². The SMILES string of the molecule is CNC(CCC(=O)O)c1ccc(CC(C)C)cc1. The van der Waals surface area contributed by atoms with Crippen LogP contribution in [-0.4, -0.2) is 18.1 Å². The number of hydrogen-bond acceptors (Lipinski definition) is 2. The Kier molecular flexibility index (Phi) is 5.86. The first-order chi connectivity index (χ1) is 8.52. The number of carbonyl (C=O) groups is 1. The zero-order chi connectivity index (χ0) is 13.5. The number of carboxylic acid groups (broad SMARTS) is 1. The first-order valence-electron chi connectivity index (χ1n) is 6.50. The van der Waals surface area contributed by atoms with Crippen molar-refractivity contribution < 1.29 is 9.90 Å². The van der Waals surface area contributed by atoms with Gasteiger partial charge >= 0.3 is 5.97 Å². The lowest BCUT2D eigenvalue weighted by Gasteiger charge is -2.16. The summed E-state index contributed by atoms with van der Waals surface area (Å²) in [5.41, 5.74) is 2.49. The maximum Gasteiger partial charge on any atom is 0.303 e. The topological polar surface area (TPSA) is 49.3 Å². The van der Waals surface area contributed by atoms with Crippen molar-refractivity contribution in [1.29, 1.82) is 0 Å². The minimum atomic E-state index is -0.744. The molecule has 0 saturated heterocycles. The maximum absolute atomic E-state index is 10.6. The van der Waals surface area contributed by atoms with Crippen LogP contribution in [0.4, 0.5) is 0 Å². The van der Waals surface area contributed by atoms with Crippen LogP contribution in [0.1, 0.15) is 43.9 Å². The van der Waals surface area contributed by atoms with E-state index in [1.165, 1.54) is 5.56 Å². The highest BCUT2D eigenvalue weighted by Gasteiger charge is 2.11. The van der Waals surface area contributed by atoms with Crippen LogP contribution in [-0.2, 0) is 11.2 Å². The molecule has 0 aliphatic rings. The van der Waals surface area contributed by atoms with E-state index in [4.69, 9.17) is 5.11 Å². The van der Waals surface area contributed by atoms with Gasteiger partial charge in [-0.1, -0.05) is 38.1 Å². The Bertz CT molecular complexity index is 371. The van der Waals surface area contributed by atoms with Crippen molar-refractivity contribution in [2.45, 2.75) is 39.2 Å². The van der Waals surface area contributed by atoms with Crippen molar-refractivity contribution in [3.63, 3.8) is 0 Å². The van der Waals surface area contributed by atoms with Gasteiger partial charge in [0.15, 0.2) is 0 Å². The highest BCUT2D eigenvalue weighted by Crippen LogP contribution is 2.19. The molecule has 1 aromatic carbocycles. The second-order valence-corrected chi connectivity index (χ2v) is 5.11. The Morgan fingerprint density at radius 3 is 2.33 bits per heavy atom. The third-order valence-electron chi connectivity index (χ3n) is 3.02. The van der Waals surface area contributed by atoms with Gasteiger partial charge in [0, 0.05) is 12.5 Å². The minimum Gasteiger partial charge on any atom is -0.481 e. The van der Waals surface area contributed by atoms with E-state index < -0.39 is 5.97 Å². The van der Waals surface area contributed by atoms with Crippen molar-refractivity contribution in [3.05, 3.63) is 35.4 Å². The Balaban J connectivity index is 2.66. The van der Waals surface area contributed by atoms with Gasteiger partial charge in [0.1, 0.15) is 0 Å². The van der Waals surface area contributed by atoms with Crippen molar-refractivity contribution >= 4 is 5.97 Å². The monoisotopic (exact) mass is 249 g/mol. The minimum absolute atomic E-state index is 0.120. The summed E-state index contributed by atoms with van der Waals surface area (Å²) in [4.78, 5) is 10.6. The molecular weight excluding hydrogens is 226 g/mol. The standard InChI is InChI=1S/C15H23NO2/c1-11(2)10-12-4-6-13(7-5-12)14(16-3)8-9-15(17)18/h4-7,11,14,16H,8-10H2,1-3H3,(H,17,18). The Hall–Kier alpha value is -1.35. The first-order valence-corrected chi connectivity index (χ1v) is 6.50. The molecule has 1 rings (SSSR count). The van der Waals surface area contributed by atoms with Gasteiger partial charge in [-0.3, -0.25) is 4.79 Å². The summed E-state index contributed by atoms with van der Waals surface area (Å²) in [7, 11) is 1.87. The number of rotatable bonds is 7. The molecule has 0 amide bonds. The highest BCUT2D eigenvalue weighted by molar-refractivity contribution is 5.66. The highest BCUT2D eigenvalue weighted by atomic mass is 16.4. The average molecular weight is 249 g/mol. The zero-order valence-electron chi connectivity index (χ0n) is 11.4. The molecule has 0 saturated carbocycles. The maximum atomic E-state index is 10.6. The molecule has 1 atom stereocenters. The molecule has 0 fully saturated rings. The van der Waals surface area contributed by atoms with Gasteiger partial charge < -0.3 is 10.4 Å². The van der Waals surface area contributed by atoms with Gasteiger partial charge in [0.2, 0.25) is 0 Å². The van der Waals surface area contributed by atoms with E-state index in [2.05, 4.69) is 43.4 Å². The molecule has 2 N–H and O–H groups in total. The molecule has 1 aromatic rings. The molecule has 0 spiro atoms. The molecule has 18 heavy (non-hydrogen) atoms. The van der Waals surface area contributed by atoms with Gasteiger partial charge in [-0.05, 0) is 36.9 Å². The number of benzene rings is 1. The van der Waals surface area contributed by atoms with Crippen LogP contribution in [0, 0.1) is 5.92 Å². The van der Waals surface area contributed by atoms with Gasteiger partial charge in [0.05, 0.1) is 0 Å². The number of nitrogens with one attached hydrogen (secondary N) is 1. The van der Waals surface area contributed by atoms with Gasteiger partial charge in [-0.25, -0.2) is 0 Å². The van der Waals surface area contributed by atoms with Crippen LogP contribution in [0.25, 0.3) is 0 Å². The Morgan fingerprint density at radius 2 is 1.89 bits per heavy atom. The summed E-state index contributed by atoms with van der Waals surface area (Å²) >= 11 is 0. The Morgan fingerprint density at radius 1 is 1.28 bits per heavy atom.